The van der Waals surface area contributed by atoms with Crippen molar-refractivity contribution < 1.29 is 5.73 Å². The molecule has 0 atom stereocenters. The van der Waals surface area contributed by atoms with Crippen molar-refractivity contribution in [1.29, 1.82) is 0 Å². The molecule has 3 rings (SSSR count). The van der Waals surface area contributed by atoms with Crippen molar-refractivity contribution in [2.75, 3.05) is 11.4 Å². The molecule has 3 N–H and O–H groups in total. The minimum atomic E-state index is 0.694. The molecule has 2 fully saturated rings. The van der Waals surface area contributed by atoms with Crippen LogP contribution in [-0.4, -0.2) is 18.6 Å². The van der Waals surface area contributed by atoms with Crippen LogP contribution in [0.2, 0.25) is 0 Å². The predicted octanol–water partition coefficient (Wildman–Crippen LogP) is 2.46. The van der Waals surface area contributed by atoms with E-state index in [1.54, 1.807) is 0 Å². The van der Waals surface area contributed by atoms with Crippen LogP contribution in [0.25, 0.3) is 0 Å². The lowest BCUT2D eigenvalue weighted by Crippen LogP contribution is -2.63. The molecular formula is C16H25N2+. The number of hydrogen-bond acceptors (Lipinski definition) is 1. The molecule has 98 valence electrons. The van der Waals surface area contributed by atoms with Gasteiger partial charge in [-0.3, -0.25) is 0 Å². The third kappa shape index (κ3) is 2.86. The molecule has 0 saturated heterocycles. The number of benzene rings is 1. The first kappa shape index (κ1) is 12.0. The molecule has 0 bridgehead atoms. The largest absolute Gasteiger partial charge is 0.368 e. The fourth-order valence-electron chi connectivity index (χ4n) is 3.12. The van der Waals surface area contributed by atoms with E-state index in [0.717, 1.165) is 12.0 Å². The van der Waals surface area contributed by atoms with Gasteiger partial charge in [0.1, 0.15) is 0 Å². The van der Waals surface area contributed by atoms with E-state index in [0.29, 0.717) is 6.04 Å². The Kier molecular flexibility index (Phi) is 3.55. The van der Waals surface area contributed by atoms with E-state index in [-0.39, 0.29) is 0 Å². The fraction of sp³-hybridized carbons (Fsp3) is 0.625. The minimum Gasteiger partial charge on any atom is -0.368 e. The lowest BCUT2D eigenvalue weighted by Gasteiger charge is -2.37. The molecule has 1 aromatic rings. The van der Waals surface area contributed by atoms with Gasteiger partial charge in [-0.05, 0) is 43.7 Å². The zero-order valence-electron chi connectivity index (χ0n) is 11.2. The quantitative estimate of drug-likeness (QED) is 0.868. The maximum Gasteiger partial charge on any atom is 0.0845 e. The second-order valence-electron chi connectivity index (χ2n) is 6.11. The molecule has 2 heteroatoms. The summed E-state index contributed by atoms with van der Waals surface area (Å²) in [7, 11) is 0. The van der Waals surface area contributed by atoms with E-state index in [4.69, 9.17) is 0 Å². The molecule has 0 amide bonds. The average molecular weight is 245 g/mol. The van der Waals surface area contributed by atoms with Crippen LogP contribution in [0.4, 0.5) is 5.69 Å². The Morgan fingerprint density at radius 3 is 2.22 bits per heavy atom. The summed E-state index contributed by atoms with van der Waals surface area (Å²) < 4.78 is 0. The molecule has 0 heterocycles. The van der Waals surface area contributed by atoms with E-state index in [9.17, 15) is 0 Å². The molecule has 2 aliphatic carbocycles. The van der Waals surface area contributed by atoms with Crippen molar-refractivity contribution in [3.63, 3.8) is 0 Å². The summed E-state index contributed by atoms with van der Waals surface area (Å²) in [4.78, 5) is 2.68. The van der Waals surface area contributed by atoms with Crippen molar-refractivity contribution in [3.8, 4) is 0 Å². The lowest BCUT2D eigenvalue weighted by molar-refractivity contribution is -0.425. The van der Waals surface area contributed by atoms with Gasteiger partial charge < -0.3 is 10.6 Å². The lowest BCUT2D eigenvalue weighted by atomic mass is 9.90. The third-order valence-corrected chi connectivity index (χ3v) is 4.50. The summed E-state index contributed by atoms with van der Waals surface area (Å²) in [6.45, 7) is 1.27. The first-order valence-electron chi connectivity index (χ1n) is 7.47. The molecule has 2 saturated carbocycles. The van der Waals surface area contributed by atoms with E-state index in [2.05, 4.69) is 41.0 Å². The van der Waals surface area contributed by atoms with Crippen molar-refractivity contribution in [2.45, 2.75) is 50.6 Å². The van der Waals surface area contributed by atoms with Crippen LogP contribution in [0, 0.1) is 5.92 Å². The molecule has 18 heavy (non-hydrogen) atoms. The van der Waals surface area contributed by atoms with Crippen molar-refractivity contribution in [1.82, 2.24) is 0 Å². The highest BCUT2D eigenvalue weighted by molar-refractivity contribution is 5.47. The Hall–Kier alpha value is -1.02. The van der Waals surface area contributed by atoms with E-state index < -0.39 is 0 Å². The zero-order chi connectivity index (χ0) is 12.4. The van der Waals surface area contributed by atoms with Gasteiger partial charge in [-0.1, -0.05) is 18.2 Å². The summed E-state index contributed by atoms with van der Waals surface area (Å²) in [6, 6.07) is 12.5. The van der Waals surface area contributed by atoms with Gasteiger partial charge in [-0.2, -0.15) is 0 Å². The SMILES string of the molecule is [NH3+]C1CCC(N(CC2CC2)c2ccccc2)CC1. The Morgan fingerprint density at radius 2 is 1.61 bits per heavy atom. The molecule has 0 unspecified atom stereocenters. The minimum absolute atomic E-state index is 0.694. The van der Waals surface area contributed by atoms with E-state index in [1.807, 2.05) is 0 Å². The molecule has 0 radical (unpaired) electrons. The summed E-state index contributed by atoms with van der Waals surface area (Å²) in [5, 5.41) is 0. The number of quaternary nitrogens is 1. The fourth-order valence-corrected chi connectivity index (χ4v) is 3.12. The standard InChI is InChI=1S/C16H24N2/c17-14-8-10-16(11-9-14)18(12-13-6-7-13)15-4-2-1-3-5-15/h1-5,13-14,16H,6-12,17H2/p+1. The molecule has 2 nitrogen and oxygen atoms in total. The summed E-state index contributed by atoms with van der Waals surface area (Å²) in [5.74, 6) is 0.961. The zero-order valence-corrected chi connectivity index (χ0v) is 11.2. The maximum absolute atomic E-state index is 4.22. The maximum atomic E-state index is 4.22. The van der Waals surface area contributed by atoms with Crippen LogP contribution < -0.4 is 10.6 Å². The van der Waals surface area contributed by atoms with Crippen LogP contribution in [0.15, 0.2) is 30.3 Å². The van der Waals surface area contributed by atoms with Gasteiger partial charge in [-0.15, -0.1) is 0 Å². The van der Waals surface area contributed by atoms with Gasteiger partial charge in [0.05, 0.1) is 6.04 Å². The van der Waals surface area contributed by atoms with Gasteiger partial charge in [0.15, 0.2) is 0 Å². The summed E-state index contributed by atoms with van der Waals surface area (Å²) in [6.07, 6.45) is 8.14. The smallest absolute Gasteiger partial charge is 0.0845 e. The number of para-hydroxylation sites is 1. The topological polar surface area (TPSA) is 30.9 Å². The Labute approximate surface area is 110 Å². The van der Waals surface area contributed by atoms with Crippen LogP contribution >= 0.6 is 0 Å². The second-order valence-corrected chi connectivity index (χ2v) is 6.11. The highest BCUT2D eigenvalue weighted by Gasteiger charge is 2.30. The Morgan fingerprint density at radius 1 is 0.944 bits per heavy atom. The van der Waals surface area contributed by atoms with Crippen LogP contribution in [0.1, 0.15) is 38.5 Å². The molecular weight excluding hydrogens is 220 g/mol. The predicted molar refractivity (Wildman–Crippen MR) is 75.4 cm³/mol. The average Bonchev–Trinajstić information content (AvgIpc) is 3.22. The number of nitrogens with zero attached hydrogens (tertiary/aromatic N) is 1. The van der Waals surface area contributed by atoms with Crippen molar-refractivity contribution >= 4 is 5.69 Å². The van der Waals surface area contributed by atoms with Gasteiger partial charge in [0.2, 0.25) is 0 Å². The monoisotopic (exact) mass is 245 g/mol. The molecule has 0 spiro atoms. The normalized spacial score (nSPS) is 28.1. The summed E-state index contributed by atoms with van der Waals surface area (Å²) in [5.41, 5.74) is 5.65. The van der Waals surface area contributed by atoms with Gasteiger partial charge in [-0.25, -0.2) is 0 Å². The third-order valence-electron chi connectivity index (χ3n) is 4.50. The van der Waals surface area contributed by atoms with E-state index >= 15 is 0 Å². The number of hydrogen-bond donors (Lipinski definition) is 1. The van der Waals surface area contributed by atoms with Crippen LogP contribution in [0.3, 0.4) is 0 Å². The number of rotatable bonds is 4. The van der Waals surface area contributed by atoms with Crippen molar-refractivity contribution in [3.05, 3.63) is 30.3 Å². The Balaban J connectivity index is 1.72. The Bertz CT molecular complexity index is 364. The summed E-state index contributed by atoms with van der Waals surface area (Å²) >= 11 is 0. The molecule has 0 aliphatic heterocycles. The molecule has 2 aliphatic rings. The first-order chi connectivity index (χ1) is 8.83. The van der Waals surface area contributed by atoms with Gasteiger partial charge >= 0.3 is 0 Å². The van der Waals surface area contributed by atoms with Crippen molar-refractivity contribution in [2.24, 2.45) is 5.92 Å². The highest BCUT2D eigenvalue weighted by atomic mass is 15.2. The number of anilines is 1. The van der Waals surface area contributed by atoms with E-state index in [1.165, 1.54) is 50.8 Å². The first-order valence-corrected chi connectivity index (χ1v) is 7.47. The van der Waals surface area contributed by atoms with Gasteiger partial charge in [0.25, 0.3) is 0 Å². The van der Waals surface area contributed by atoms with Crippen LogP contribution in [0.5, 0.6) is 0 Å². The highest BCUT2D eigenvalue weighted by Crippen LogP contribution is 2.34. The molecule has 1 aromatic carbocycles. The van der Waals surface area contributed by atoms with Crippen LogP contribution in [-0.2, 0) is 0 Å². The van der Waals surface area contributed by atoms with Gasteiger partial charge in [0, 0.05) is 31.1 Å². The second kappa shape index (κ2) is 5.31. The molecule has 0 aromatic heterocycles.